The first-order chi connectivity index (χ1) is 6.62. The van der Waals surface area contributed by atoms with Gasteiger partial charge in [-0.05, 0) is 25.2 Å². The molecule has 0 aromatic carbocycles. The van der Waals surface area contributed by atoms with E-state index in [0.29, 0.717) is 18.8 Å². The number of hydrogen-bond donors (Lipinski definition) is 0. The highest BCUT2D eigenvalue weighted by atomic mass is 32.2. The van der Waals surface area contributed by atoms with E-state index in [4.69, 9.17) is 0 Å². The fraction of sp³-hybridized carbons (Fsp3) is 1.00. The lowest BCUT2D eigenvalue weighted by molar-refractivity contribution is 0.381. The molecular formula is C9H18O4S2. The molecule has 0 spiro atoms. The van der Waals surface area contributed by atoms with Crippen LogP contribution in [0.5, 0.6) is 0 Å². The monoisotopic (exact) mass is 254 g/mol. The van der Waals surface area contributed by atoms with Crippen LogP contribution >= 0.6 is 0 Å². The maximum absolute atomic E-state index is 11.5. The lowest BCUT2D eigenvalue weighted by Crippen LogP contribution is -2.43. The third-order valence-corrected chi connectivity index (χ3v) is 6.55. The SMILES string of the molecule is CC1CCC(S(C)(=O)=O)[C@@H](S(C)(=O)=O)C1. The summed E-state index contributed by atoms with van der Waals surface area (Å²) in [5, 5.41) is -1.42. The van der Waals surface area contributed by atoms with Crippen LogP contribution in [-0.4, -0.2) is 39.8 Å². The summed E-state index contributed by atoms with van der Waals surface area (Å²) < 4.78 is 46.0. The van der Waals surface area contributed by atoms with Gasteiger partial charge in [-0.2, -0.15) is 0 Å². The van der Waals surface area contributed by atoms with E-state index in [1.165, 1.54) is 0 Å². The molecule has 6 heteroatoms. The smallest absolute Gasteiger partial charge is 0.151 e. The Morgan fingerprint density at radius 1 is 0.867 bits per heavy atom. The van der Waals surface area contributed by atoms with Crippen molar-refractivity contribution in [1.82, 2.24) is 0 Å². The molecule has 1 aliphatic rings. The molecule has 1 saturated carbocycles. The van der Waals surface area contributed by atoms with Crippen molar-refractivity contribution in [1.29, 1.82) is 0 Å². The summed E-state index contributed by atoms with van der Waals surface area (Å²) in [6.07, 6.45) is 4.00. The Balaban J connectivity index is 3.06. The molecule has 2 unspecified atom stereocenters. The van der Waals surface area contributed by atoms with Gasteiger partial charge in [-0.3, -0.25) is 0 Å². The summed E-state index contributed by atoms with van der Waals surface area (Å²) in [6.45, 7) is 1.97. The first-order valence-electron chi connectivity index (χ1n) is 5.00. The average Bonchev–Trinajstić information content (AvgIpc) is 2.00. The highest BCUT2D eigenvalue weighted by Gasteiger charge is 2.40. The van der Waals surface area contributed by atoms with Crippen molar-refractivity contribution in [3.05, 3.63) is 0 Å². The van der Waals surface area contributed by atoms with Crippen LogP contribution in [0, 0.1) is 5.92 Å². The van der Waals surface area contributed by atoms with Crippen molar-refractivity contribution in [3.63, 3.8) is 0 Å². The van der Waals surface area contributed by atoms with Crippen molar-refractivity contribution < 1.29 is 16.8 Å². The van der Waals surface area contributed by atoms with Crippen LogP contribution in [0.2, 0.25) is 0 Å². The summed E-state index contributed by atoms with van der Waals surface area (Å²) in [7, 11) is -6.53. The number of hydrogen-bond acceptors (Lipinski definition) is 4. The molecule has 0 heterocycles. The first kappa shape index (κ1) is 13.0. The lowest BCUT2D eigenvalue weighted by Gasteiger charge is -2.32. The van der Waals surface area contributed by atoms with Crippen LogP contribution in [0.4, 0.5) is 0 Å². The van der Waals surface area contributed by atoms with E-state index in [-0.39, 0.29) is 0 Å². The van der Waals surface area contributed by atoms with Gasteiger partial charge in [-0.1, -0.05) is 6.92 Å². The fourth-order valence-corrected chi connectivity index (χ4v) is 6.04. The minimum atomic E-state index is -3.27. The molecule has 90 valence electrons. The molecule has 0 bridgehead atoms. The average molecular weight is 254 g/mol. The normalized spacial score (nSPS) is 33.9. The fourth-order valence-electron chi connectivity index (χ4n) is 2.24. The molecule has 3 atom stereocenters. The quantitative estimate of drug-likeness (QED) is 0.725. The van der Waals surface area contributed by atoms with Gasteiger partial charge in [0.05, 0.1) is 10.5 Å². The zero-order chi connectivity index (χ0) is 11.9. The Morgan fingerprint density at radius 2 is 1.33 bits per heavy atom. The van der Waals surface area contributed by atoms with Crippen LogP contribution < -0.4 is 0 Å². The van der Waals surface area contributed by atoms with E-state index in [0.717, 1.165) is 18.9 Å². The van der Waals surface area contributed by atoms with Crippen molar-refractivity contribution in [2.24, 2.45) is 5.92 Å². The van der Waals surface area contributed by atoms with Crippen molar-refractivity contribution in [2.45, 2.75) is 36.7 Å². The molecule has 0 N–H and O–H groups in total. The molecule has 0 radical (unpaired) electrons. The van der Waals surface area contributed by atoms with Crippen LogP contribution in [0.15, 0.2) is 0 Å². The van der Waals surface area contributed by atoms with Crippen LogP contribution in [0.1, 0.15) is 26.2 Å². The second-order valence-corrected chi connectivity index (χ2v) is 9.18. The molecule has 15 heavy (non-hydrogen) atoms. The van der Waals surface area contributed by atoms with Gasteiger partial charge in [0.1, 0.15) is 0 Å². The van der Waals surface area contributed by atoms with Gasteiger partial charge < -0.3 is 0 Å². The van der Waals surface area contributed by atoms with Gasteiger partial charge in [0.15, 0.2) is 19.7 Å². The molecular weight excluding hydrogens is 236 g/mol. The highest BCUT2D eigenvalue weighted by Crippen LogP contribution is 2.32. The lowest BCUT2D eigenvalue weighted by atomic mass is 9.90. The molecule has 1 fully saturated rings. The maximum Gasteiger partial charge on any atom is 0.151 e. The van der Waals surface area contributed by atoms with Crippen molar-refractivity contribution in [2.75, 3.05) is 12.5 Å². The zero-order valence-corrected chi connectivity index (χ0v) is 10.9. The Hall–Kier alpha value is -0.100. The Labute approximate surface area is 91.9 Å². The van der Waals surface area contributed by atoms with Crippen LogP contribution in [0.25, 0.3) is 0 Å². The van der Waals surface area contributed by atoms with Gasteiger partial charge >= 0.3 is 0 Å². The van der Waals surface area contributed by atoms with Gasteiger partial charge in [-0.15, -0.1) is 0 Å². The Kier molecular flexibility index (Phi) is 3.50. The van der Waals surface area contributed by atoms with Gasteiger partial charge in [0.25, 0.3) is 0 Å². The third kappa shape index (κ3) is 3.17. The largest absolute Gasteiger partial charge is 0.229 e. The minimum absolute atomic E-state index is 0.294. The molecule has 0 saturated heterocycles. The summed E-state index contributed by atoms with van der Waals surface area (Å²) in [4.78, 5) is 0. The predicted octanol–water partition coefficient (Wildman–Crippen LogP) is 0.633. The van der Waals surface area contributed by atoms with Crippen molar-refractivity contribution >= 4 is 19.7 Å². The topological polar surface area (TPSA) is 68.3 Å². The second-order valence-electron chi connectivity index (χ2n) is 4.65. The van der Waals surface area contributed by atoms with E-state index in [1.54, 1.807) is 0 Å². The molecule has 4 nitrogen and oxygen atoms in total. The van der Waals surface area contributed by atoms with Gasteiger partial charge in [0, 0.05) is 12.5 Å². The summed E-state index contributed by atoms with van der Waals surface area (Å²) in [5.74, 6) is 0.294. The second kappa shape index (κ2) is 4.05. The number of rotatable bonds is 2. The first-order valence-corrected chi connectivity index (χ1v) is 8.91. The highest BCUT2D eigenvalue weighted by molar-refractivity contribution is 7.95. The minimum Gasteiger partial charge on any atom is -0.229 e. The Bertz CT molecular complexity index is 421. The molecule has 1 aliphatic carbocycles. The summed E-state index contributed by atoms with van der Waals surface area (Å²) in [5.41, 5.74) is 0. The van der Waals surface area contributed by atoms with E-state index in [9.17, 15) is 16.8 Å². The predicted molar refractivity (Wildman–Crippen MR) is 60.3 cm³/mol. The van der Waals surface area contributed by atoms with E-state index in [2.05, 4.69) is 0 Å². The molecule has 0 amide bonds. The van der Waals surface area contributed by atoms with Crippen LogP contribution in [-0.2, 0) is 19.7 Å². The van der Waals surface area contributed by atoms with Gasteiger partial charge in [-0.25, -0.2) is 16.8 Å². The number of sulfone groups is 2. The van der Waals surface area contributed by atoms with Gasteiger partial charge in [0.2, 0.25) is 0 Å². The molecule has 1 rings (SSSR count). The van der Waals surface area contributed by atoms with E-state index in [1.807, 2.05) is 6.92 Å². The molecule has 0 aromatic heterocycles. The zero-order valence-electron chi connectivity index (χ0n) is 9.30. The standard InChI is InChI=1S/C9H18O4S2/c1-7-4-5-8(14(2,10)11)9(6-7)15(3,12)13/h7-9H,4-6H2,1-3H3/t7?,8?,9-/m0/s1. The summed E-state index contributed by atoms with van der Waals surface area (Å²) >= 11 is 0. The third-order valence-electron chi connectivity index (χ3n) is 3.09. The summed E-state index contributed by atoms with van der Waals surface area (Å²) in [6, 6.07) is 0. The van der Waals surface area contributed by atoms with Crippen molar-refractivity contribution in [3.8, 4) is 0 Å². The molecule has 0 aliphatic heterocycles. The van der Waals surface area contributed by atoms with E-state index >= 15 is 0 Å². The van der Waals surface area contributed by atoms with E-state index < -0.39 is 30.2 Å². The van der Waals surface area contributed by atoms with Crippen LogP contribution in [0.3, 0.4) is 0 Å². The Morgan fingerprint density at radius 3 is 1.73 bits per heavy atom. The molecule has 0 aromatic rings. The maximum atomic E-state index is 11.5.